The molecule has 0 N–H and O–H groups in total. The first-order valence-electron chi connectivity index (χ1n) is 6.23. The van der Waals surface area contributed by atoms with Crippen LogP contribution in [0.5, 0.6) is 0 Å². The summed E-state index contributed by atoms with van der Waals surface area (Å²) in [7, 11) is 0. The molecule has 0 fully saturated rings. The Morgan fingerprint density at radius 2 is 1.94 bits per heavy atom. The van der Waals surface area contributed by atoms with Gasteiger partial charge in [-0.15, -0.1) is 0 Å². The molecular formula is C15H22O. The maximum atomic E-state index is 5.92. The predicted octanol–water partition coefficient (Wildman–Crippen LogP) is 3.78. The first kappa shape index (κ1) is 11.7. The SMILES string of the molecule is CCO[C@H]1Cc2ccccc2[C@H]1C(C)(C)C. The first-order chi connectivity index (χ1) is 7.54. The molecule has 1 nitrogen and oxygen atoms in total. The molecule has 0 amide bonds. The van der Waals surface area contributed by atoms with Gasteiger partial charge in [0.2, 0.25) is 0 Å². The zero-order chi connectivity index (χ0) is 11.8. The first-order valence-corrected chi connectivity index (χ1v) is 6.23. The van der Waals surface area contributed by atoms with Crippen LogP contribution >= 0.6 is 0 Å². The van der Waals surface area contributed by atoms with Gasteiger partial charge >= 0.3 is 0 Å². The van der Waals surface area contributed by atoms with Crippen LogP contribution in [-0.2, 0) is 11.2 Å². The highest BCUT2D eigenvalue weighted by Gasteiger charge is 2.40. The minimum absolute atomic E-state index is 0.270. The lowest BCUT2D eigenvalue weighted by atomic mass is 9.76. The van der Waals surface area contributed by atoms with Gasteiger partial charge in [-0.25, -0.2) is 0 Å². The van der Waals surface area contributed by atoms with E-state index in [1.54, 1.807) is 0 Å². The quantitative estimate of drug-likeness (QED) is 0.734. The van der Waals surface area contributed by atoms with E-state index in [0.717, 1.165) is 13.0 Å². The maximum absolute atomic E-state index is 5.92. The van der Waals surface area contributed by atoms with Gasteiger partial charge in [0.05, 0.1) is 6.10 Å². The summed E-state index contributed by atoms with van der Waals surface area (Å²) in [4.78, 5) is 0. The normalized spacial score (nSPS) is 24.5. The van der Waals surface area contributed by atoms with Gasteiger partial charge < -0.3 is 4.74 Å². The van der Waals surface area contributed by atoms with Gasteiger partial charge in [-0.05, 0) is 29.9 Å². The number of benzene rings is 1. The van der Waals surface area contributed by atoms with Crippen molar-refractivity contribution in [1.29, 1.82) is 0 Å². The second kappa shape index (κ2) is 4.21. The van der Waals surface area contributed by atoms with Crippen molar-refractivity contribution in [1.82, 2.24) is 0 Å². The van der Waals surface area contributed by atoms with Crippen LogP contribution in [0.2, 0.25) is 0 Å². The molecule has 1 heteroatoms. The van der Waals surface area contributed by atoms with E-state index in [0.29, 0.717) is 12.0 Å². The third-order valence-electron chi connectivity index (χ3n) is 3.50. The number of hydrogen-bond donors (Lipinski definition) is 0. The van der Waals surface area contributed by atoms with E-state index in [2.05, 4.69) is 52.0 Å². The van der Waals surface area contributed by atoms with E-state index in [4.69, 9.17) is 4.74 Å². The topological polar surface area (TPSA) is 9.23 Å². The molecule has 0 bridgehead atoms. The summed E-state index contributed by atoms with van der Waals surface area (Å²) in [5.41, 5.74) is 3.24. The lowest BCUT2D eigenvalue weighted by molar-refractivity contribution is 0.0235. The Balaban J connectivity index is 2.36. The van der Waals surface area contributed by atoms with Crippen LogP contribution in [-0.4, -0.2) is 12.7 Å². The molecule has 0 spiro atoms. The Morgan fingerprint density at radius 1 is 1.25 bits per heavy atom. The molecule has 1 aliphatic carbocycles. The molecule has 1 aromatic rings. The van der Waals surface area contributed by atoms with Crippen LogP contribution < -0.4 is 0 Å². The summed E-state index contributed by atoms with van der Waals surface area (Å²) in [6.07, 6.45) is 1.44. The molecular weight excluding hydrogens is 196 g/mol. The maximum Gasteiger partial charge on any atom is 0.0688 e. The molecule has 1 aliphatic rings. The molecule has 1 aromatic carbocycles. The summed E-state index contributed by atoms with van der Waals surface area (Å²) in [5.74, 6) is 0.531. The zero-order valence-corrected chi connectivity index (χ0v) is 10.8. The highest BCUT2D eigenvalue weighted by molar-refractivity contribution is 5.38. The van der Waals surface area contributed by atoms with E-state index in [9.17, 15) is 0 Å². The third kappa shape index (κ3) is 2.01. The highest BCUT2D eigenvalue weighted by atomic mass is 16.5. The molecule has 0 heterocycles. The Morgan fingerprint density at radius 3 is 2.56 bits per heavy atom. The van der Waals surface area contributed by atoms with Crippen molar-refractivity contribution in [3.05, 3.63) is 35.4 Å². The van der Waals surface area contributed by atoms with Gasteiger partial charge in [0.25, 0.3) is 0 Å². The van der Waals surface area contributed by atoms with Gasteiger partial charge in [0.1, 0.15) is 0 Å². The smallest absolute Gasteiger partial charge is 0.0688 e. The van der Waals surface area contributed by atoms with Crippen LogP contribution in [0.25, 0.3) is 0 Å². The Bertz CT molecular complexity index is 362. The average Bonchev–Trinajstić information content (AvgIpc) is 2.55. The molecule has 0 saturated carbocycles. The fourth-order valence-corrected chi connectivity index (χ4v) is 2.95. The van der Waals surface area contributed by atoms with Gasteiger partial charge in [0, 0.05) is 12.5 Å². The van der Waals surface area contributed by atoms with Crippen LogP contribution in [0.4, 0.5) is 0 Å². The van der Waals surface area contributed by atoms with Crippen LogP contribution in [0.3, 0.4) is 0 Å². The number of fused-ring (bicyclic) bond motifs is 1. The van der Waals surface area contributed by atoms with E-state index in [-0.39, 0.29) is 5.41 Å². The molecule has 2 atom stereocenters. The van der Waals surface area contributed by atoms with Crippen molar-refractivity contribution >= 4 is 0 Å². The van der Waals surface area contributed by atoms with Crippen LogP contribution in [0.15, 0.2) is 24.3 Å². The number of ether oxygens (including phenoxy) is 1. The molecule has 0 unspecified atom stereocenters. The molecule has 16 heavy (non-hydrogen) atoms. The molecule has 0 aromatic heterocycles. The molecule has 0 aliphatic heterocycles. The van der Waals surface area contributed by atoms with Crippen molar-refractivity contribution < 1.29 is 4.74 Å². The minimum Gasteiger partial charge on any atom is -0.378 e. The van der Waals surface area contributed by atoms with Crippen molar-refractivity contribution in [3.8, 4) is 0 Å². The van der Waals surface area contributed by atoms with Crippen molar-refractivity contribution in [3.63, 3.8) is 0 Å². The summed E-state index contributed by atoms with van der Waals surface area (Å²) >= 11 is 0. The van der Waals surface area contributed by atoms with Crippen LogP contribution in [0, 0.1) is 5.41 Å². The second-order valence-corrected chi connectivity index (χ2v) is 5.74. The standard InChI is InChI=1S/C15H22O/c1-5-16-13-10-11-8-6-7-9-12(11)14(13)15(2,3)4/h6-9,13-14H,5,10H2,1-4H3/t13-,14+/m0/s1. The van der Waals surface area contributed by atoms with Gasteiger partial charge in [-0.1, -0.05) is 45.0 Å². The van der Waals surface area contributed by atoms with Gasteiger partial charge in [-0.3, -0.25) is 0 Å². The fraction of sp³-hybridized carbons (Fsp3) is 0.600. The fourth-order valence-electron chi connectivity index (χ4n) is 2.95. The Labute approximate surface area is 98.8 Å². The zero-order valence-electron chi connectivity index (χ0n) is 10.8. The third-order valence-corrected chi connectivity index (χ3v) is 3.50. The highest BCUT2D eigenvalue weighted by Crippen LogP contribution is 2.45. The van der Waals surface area contributed by atoms with Crippen molar-refractivity contribution in [2.75, 3.05) is 6.61 Å². The summed E-state index contributed by atoms with van der Waals surface area (Å²) in [5, 5.41) is 0. The molecule has 88 valence electrons. The predicted molar refractivity (Wildman–Crippen MR) is 67.8 cm³/mol. The lowest BCUT2D eigenvalue weighted by Crippen LogP contribution is -2.29. The second-order valence-electron chi connectivity index (χ2n) is 5.74. The summed E-state index contributed by atoms with van der Waals surface area (Å²) < 4.78 is 5.92. The molecule has 0 radical (unpaired) electrons. The van der Waals surface area contributed by atoms with E-state index < -0.39 is 0 Å². The minimum atomic E-state index is 0.270. The summed E-state index contributed by atoms with van der Waals surface area (Å²) in [6, 6.07) is 8.79. The Kier molecular flexibility index (Phi) is 3.07. The van der Waals surface area contributed by atoms with E-state index in [1.807, 2.05) is 0 Å². The monoisotopic (exact) mass is 218 g/mol. The average molecular weight is 218 g/mol. The lowest BCUT2D eigenvalue weighted by Gasteiger charge is -2.32. The summed E-state index contributed by atoms with van der Waals surface area (Å²) in [6.45, 7) is 9.83. The van der Waals surface area contributed by atoms with Crippen LogP contribution in [0.1, 0.15) is 44.7 Å². The van der Waals surface area contributed by atoms with Gasteiger partial charge in [-0.2, -0.15) is 0 Å². The van der Waals surface area contributed by atoms with E-state index in [1.165, 1.54) is 11.1 Å². The number of hydrogen-bond acceptors (Lipinski definition) is 1. The van der Waals surface area contributed by atoms with E-state index >= 15 is 0 Å². The van der Waals surface area contributed by atoms with Crippen molar-refractivity contribution in [2.24, 2.45) is 5.41 Å². The van der Waals surface area contributed by atoms with Crippen molar-refractivity contribution in [2.45, 2.75) is 46.1 Å². The number of rotatable bonds is 2. The molecule has 2 rings (SSSR count). The largest absolute Gasteiger partial charge is 0.378 e. The Hall–Kier alpha value is -0.820. The molecule has 0 saturated heterocycles. The van der Waals surface area contributed by atoms with Gasteiger partial charge in [0.15, 0.2) is 0 Å².